The highest BCUT2D eigenvalue weighted by molar-refractivity contribution is 5.88. The van der Waals surface area contributed by atoms with E-state index in [4.69, 9.17) is 16.1 Å². The van der Waals surface area contributed by atoms with Gasteiger partial charge < -0.3 is 9.47 Å². The predicted molar refractivity (Wildman–Crippen MR) is 162 cm³/mol. The first kappa shape index (κ1) is 29.6. The van der Waals surface area contributed by atoms with E-state index >= 15 is 0 Å². The minimum atomic E-state index is 0.527. The summed E-state index contributed by atoms with van der Waals surface area (Å²) in [5.41, 5.74) is 4.82. The third-order valence-electron chi connectivity index (χ3n) is 7.52. The maximum atomic E-state index is 6.83. The second-order valence-electron chi connectivity index (χ2n) is 10.4. The number of ether oxygens (including phenoxy) is 2. The fourth-order valence-corrected chi connectivity index (χ4v) is 4.80. The summed E-state index contributed by atoms with van der Waals surface area (Å²) < 4.78 is 13.1. The summed E-state index contributed by atoms with van der Waals surface area (Å²) in [6.45, 7) is 17.2. The molecule has 0 spiro atoms. The lowest BCUT2D eigenvalue weighted by Crippen LogP contribution is -2.14. The van der Waals surface area contributed by atoms with Crippen LogP contribution in [-0.2, 0) is 0 Å². The molecule has 3 aromatic carbocycles. The molecule has 0 aliphatic carbocycles. The van der Waals surface area contributed by atoms with Gasteiger partial charge in [0.2, 0.25) is 0 Å². The van der Waals surface area contributed by atoms with Crippen LogP contribution in [0.3, 0.4) is 0 Å². The fourth-order valence-electron chi connectivity index (χ4n) is 4.80. The summed E-state index contributed by atoms with van der Waals surface area (Å²) in [6.07, 6.45) is 9.46. The maximum absolute atomic E-state index is 6.83. The Morgan fingerprint density at radius 2 is 1.32 bits per heavy atom. The minimum Gasteiger partial charge on any atom is -0.489 e. The van der Waals surface area contributed by atoms with Crippen LogP contribution in [0.4, 0.5) is 0 Å². The third-order valence-corrected chi connectivity index (χ3v) is 7.52. The summed E-state index contributed by atoms with van der Waals surface area (Å²) in [7, 11) is 0. The van der Waals surface area contributed by atoms with Gasteiger partial charge in [-0.3, -0.25) is 0 Å². The van der Waals surface area contributed by atoms with E-state index in [2.05, 4.69) is 70.2 Å². The van der Waals surface area contributed by atoms with Gasteiger partial charge in [-0.05, 0) is 70.7 Å². The molecule has 0 aliphatic heterocycles. The molecule has 2 atom stereocenters. The summed E-state index contributed by atoms with van der Waals surface area (Å²) in [5, 5.41) is 0. The van der Waals surface area contributed by atoms with Gasteiger partial charge in [0.25, 0.3) is 0 Å². The maximum Gasteiger partial charge on any atom is 0.161 e. The Morgan fingerprint density at radius 3 is 1.84 bits per heavy atom. The second-order valence-corrected chi connectivity index (χ2v) is 10.4. The Labute approximate surface area is 232 Å². The van der Waals surface area contributed by atoms with E-state index in [1.165, 1.54) is 38.5 Å². The SMILES string of the molecule is [CH]=C(c1cc[c]cc1)c1cc(OCC(CC)CCCC)c(OCC(CC)CCCC)cc1-c1ccccc1. The normalized spacial score (nSPS) is 12.6. The number of benzene rings is 3. The highest BCUT2D eigenvalue weighted by Crippen LogP contribution is 2.41. The van der Waals surface area contributed by atoms with E-state index in [0.29, 0.717) is 25.0 Å². The van der Waals surface area contributed by atoms with Crippen LogP contribution in [0.15, 0.2) is 66.7 Å². The summed E-state index contributed by atoms with van der Waals surface area (Å²) in [5.74, 6) is 2.65. The van der Waals surface area contributed by atoms with Crippen molar-refractivity contribution in [3.8, 4) is 22.6 Å². The monoisotopic (exact) mass is 510 g/mol. The van der Waals surface area contributed by atoms with Crippen LogP contribution < -0.4 is 9.47 Å². The van der Waals surface area contributed by atoms with E-state index in [1.54, 1.807) is 0 Å². The van der Waals surface area contributed by atoms with Crippen molar-refractivity contribution in [3.63, 3.8) is 0 Å². The molecule has 0 heterocycles. The van der Waals surface area contributed by atoms with Crippen molar-refractivity contribution in [3.05, 3.63) is 90.5 Å². The summed E-state index contributed by atoms with van der Waals surface area (Å²) >= 11 is 0. The highest BCUT2D eigenvalue weighted by atomic mass is 16.5. The molecular weight excluding hydrogens is 464 g/mol. The van der Waals surface area contributed by atoms with E-state index in [-0.39, 0.29) is 0 Å². The standard InChI is InChI=1S/C36H46O2/c1-6-10-18-29(8-3)26-37-35-24-33(28(5)31-20-14-12-15-21-31)34(32-22-16-13-17-23-32)25-36(35)38-27-30(9-4)19-11-7-2/h5,13-17,20-25,29-30H,6-11,18-19,26-27H2,1-4H3. The largest absolute Gasteiger partial charge is 0.489 e. The topological polar surface area (TPSA) is 18.5 Å². The van der Waals surface area contributed by atoms with Gasteiger partial charge in [-0.1, -0.05) is 127 Å². The first-order valence-electron chi connectivity index (χ1n) is 14.7. The molecule has 3 rings (SSSR count). The fraction of sp³-hybridized carbons (Fsp3) is 0.444. The predicted octanol–water partition coefficient (Wildman–Crippen LogP) is 10.2. The second kappa shape index (κ2) is 16.1. The molecule has 0 N–H and O–H groups in total. The number of hydrogen-bond donors (Lipinski definition) is 0. The quantitative estimate of drug-likeness (QED) is 0.180. The van der Waals surface area contributed by atoms with E-state index in [0.717, 1.165) is 52.2 Å². The van der Waals surface area contributed by atoms with Gasteiger partial charge in [-0.2, -0.15) is 0 Å². The smallest absolute Gasteiger partial charge is 0.161 e. The molecule has 2 heteroatoms. The summed E-state index contributed by atoms with van der Waals surface area (Å²) in [6, 6.07) is 25.6. The first-order chi connectivity index (χ1) is 18.6. The molecule has 0 aliphatic rings. The van der Waals surface area contributed by atoms with Crippen molar-refractivity contribution in [1.82, 2.24) is 0 Å². The van der Waals surface area contributed by atoms with Crippen molar-refractivity contribution in [2.24, 2.45) is 11.8 Å². The average Bonchev–Trinajstić information content (AvgIpc) is 2.98. The van der Waals surface area contributed by atoms with Crippen LogP contribution in [0, 0.1) is 24.5 Å². The number of rotatable bonds is 17. The van der Waals surface area contributed by atoms with Crippen molar-refractivity contribution >= 4 is 5.57 Å². The number of hydrogen-bond acceptors (Lipinski definition) is 2. The molecule has 38 heavy (non-hydrogen) atoms. The lowest BCUT2D eigenvalue weighted by molar-refractivity contribution is 0.199. The van der Waals surface area contributed by atoms with Crippen LogP contribution in [0.2, 0.25) is 0 Å². The van der Waals surface area contributed by atoms with Crippen molar-refractivity contribution in [1.29, 1.82) is 0 Å². The van der Waals surface area contributed by atoms with Gasteiger partial charge in [0.1, 0.15) is 0 Å². The molecule has 0 saturated heterocycles. The third kappa shape index (κ3) is 8.51. The molecule has 0 amide bonds. The Bertz CT molecular complexity index is 1090. The van der Waals surface area contributed by atoms with Crippen molar-refractivity contribution < 1.29 is 9.47 Å². The molecule has 3 aromatic rings. The molecule has 2 unspecified atom stereocenters. The molecule has 0 saturated carbocycles. The van der Waals surface area contributed by atoms with E-state index < -0.39 is 0 Å². The van der Waals surface area contributed by atoms with E-state index in [1.807, 2.05) is 30.3 Å². The Kier molecular flexibility index (Phi) is 12.5. The van der Waals surface area contributed by atoms with Crippen LogP contribution in [-0.4, -0.2) is 13.2 Å². The van der Waals surface area contributed by atoms with Crippen LogP contribution in [0.5, 0.6) is 11.5 Å². The van der Waals surface area contributed by atoms with Crippen molar-refractivity contribution in [2.45, 2.75) is 79.1 Å². The molecule has 202 valence electrons. The zero-order valence-electron chi connectivity index (χ0n) is 24.0. The summed E-state index contributed by atoms with van der Waals surface area (Å²) in [4.78, 5) is 0. The van der Waals surface area contributed by atoms with Crippen LogP contribution in [0.25, 0.3) is 16.7 Å². The van der Waals surface area contributed by atoms with Gasteiger partial charge in [-0.15, -0.1) is 0 Å². The minimum absolute atomic E-state index is 0.527. The number of unbranched alkanes of at least 4 members (excludes halogenated alkanes) is 2. The van der Waals surface area contributed by atoms with Crippen molar-refractivity contribution in [2.75, 3.05) is 13.2 Å². The Balaban J connectivity index is 2.03. The van der Waals surface area contributed by atoms with Gasteiger partial charge in [0, 0.05) is 0 Å². The average molecular weight is 511 g/mol. The first-order valence-corrected chi connectivity index (χ1v) is 14.7. The zero-order valence-corrected chi connectivity index (χ0v) is 24.0. The molecular formula is C36H46O2. The van der Waals surface area contributed by atoms with Crippen LogP contribution in [0.1, 0.15) is 90.2 Å². The van der Waals surface area contributed by atoms with Gasteiger partial charge in [-0.25, -0.2) is 0 Å². The van der Waals surface area contributed by atoms with Gasteiger partial charge in [0.05, 0.1) is 13.2 Å². The lowest BCUT2D eigenvalue weighted by atomic mass is 9.91. The molecule has 0 bridgehead atoms. The molecule has 0 fully saturated rings. The molecule has 2 nitrogen and oxygen atoms in total. The Morgan fingerprint density at radius 1 is 0.763 bits per heavy atom. The highest BCUT2D eigenvalue weighted by Gasteiger charge is 2.19. The van der Waals surface area contributed by atoms with Gasteiger partial charge in [0.15, 0.2) is 11.5 Å². The molecule has 2 radical (unpaired) electrons. The zero-order chi connectivity index (χ0) is 27.2. The molecule has 0 aromatic heterocycles. The van der Waals surface area contributed by atoms with Crippen LogP contribution >= 0.6 is 0 Å². The Hall–Kier alpha value is -3.00. The lowest BCUT2D eigenvalue weighted by Gasteiger charge is -2.23. The van der Waals surface area contributed by atoms with Gasteiger partial charge >= 0.3 is 0 Å². The van der Waals surface area contributed by atoms with E-state index in [9.17, 15) is 0 Å².